The van der Waals surface area contributed by atoms with Crippen LogP contribution in [0.3, 0.4) is 0 Å². The van der Waals surface area contributed by atoms with Crippen LogP contribution < -0.4 is 10.2 Å². The van der Waals surface area contributed by atoms with Gasteiger partial charge in [-0.2, -0.15) is 0 Å². The Kier molecular flexibility index (Phi) is 7.53. The molecule has 1 saturated heterocycles. The minimum absolute atomic E-state index is 0.140. The van der Waals surface area contributed by atoms with Gasteiger partial charge in [0.25, 0.3) is 5.91 Å². The van der Waals surface area contributed by atoms with E-state index in [9.17, 15) is 9.59 Å². The quantitative estimate of drug-likeness (QED) is 0.329. The van der Waals surface area contributed by atoms with Crippen LogP contribution in [0, 0.1) is 0 Å². The van der Waals surface area contributed by atoms with E-state index in [4.69, 9.17) is 9.47 Å². The van der Waals surface area contributed by atoms with Crippen LogP contribution in [0.5, 0.6) is 0 Å². The molecule has 0 bridgehead atoms. The number of carbonyl (C=O) groups excluding carboxylic acids is 2. The minimum Gasteiger partial charge on any atom is -0.461 e. The zero-order valence-corrected chi connectivity index (χ0v) is 22.7. The van der Waals surface area contributed by atoms with E-state index in [-0.39, 0.29) is 18.6 Å². The Morgan fingerprint density at radius 2 is 1.85 bits per heavy atom. The number of anilines is 2. The van der Waals surface area contributed by atoms with Crippen LogP contribution in [0.4, 0.5) is 11.4 Å². The zero-order chi connectivity index (χ0) is 27.5. The predicted octanol–water partition coefficient (Wildman–Crippen LogP) is 5.17. The van der Waals surface area contributed by atoms with Gasteiger partial charge in [0, 0.05) is 49.5 Å². The third-order valence-corrected chi connectivity index (χ3v) is 7.72. The van der Waals surface area contributed by atoms with Gasteiger partial charge in [-0.25, -0.2) is 4.79 Å². The molecule has 0 aliphatic carbocycles. The second-order valence-electron chi connectivity index (χ2n) is 10.4. The molecule has 0 spiro atoms. The standard InChI is InChI=1S/C32H34N4O4/c1-22-11-13-36(30-5-3-2-4-29(30)34-22)31(37)25-6-8-26(23-7-9-28-24(20-23)10-12-33-28)27(21-25)32(38)40-19-16-35-14-17-39-18-15-35/h2-10,12,20-22,33-34H,11,13-19H2,1H3/t22-/m0/s1. The number of aromatic amines is 1. The number of fused-ring (bicyclic) bond motifs is 2. The van der Waals surface area contributed by atoms with Gasteiger partial charge in [-0.05, 0) is 72.3 Å². The maximum atomic E-state index is 13.9. The number of nitrogens with zero attached hydrogens (tertiary/aromatic N) is 2. The van der Waals surface area contributed by atoms with Crippen molar-refractivity contribution in [3.8, 4) is 11.1 Å². The summed E-state index contributed by atoms with van der Waals surface area (Å²) in [7, 11) is 0. The molecule has 0 unspecified atom stereocenters. The molecule has 2 N–H and O–H groups in total. The first-order chi connectivity index (χ1) is 19.6. The summed E-state index contributed by atoms with van der Waals surface area (Å²) >= 11 is 0. The van der Waals surface area contributed by atoms with Crippen LogP contribution in [0.25, 0.3) is 22.0 Å². The first-order valence-corrected chi connectivity index (χ1v) is 13.9. The molecule has 2 aliphatic heterocycles. The molecule has 2 aliphatic rings. The number of rotatable bonds is 6. The predicted molar refractivity (Wildman–Crippen MR) is 157 cm³/mol. The van der Waals surface area contributed by atoms with Crippen molar-refractivity contribution in [1.29, 1.82) is 0 Å². The number of esters is 1. The fourth-order valence-electron chi connectivity index (χ4n) is 5.47. The van der Waals surface area contributed by atoms with E-state index >= 15 is 0 Å². The molecule has 206 valence electrons. The van der Waals surface area contributed by atoms with Crippen molar-refractivity contribution in [2.75, 3.05) is 56.2 Å². The van der Waals surface area contributed by atoms with Gasteiger partial charge >= 0.3 is 5.97 Å². The molecule has 3 heterocycles. The van der Waals surface area contributed by atoms with E-state index in [1.807, 2.05) is 66.9 Å². The van der Waals surface area contributed by atoms with E-state index in [2.05, 4.69) is 22.1 Å². The lowest BCUT2D eigenvalue weighted by Gasteiger charge is -2.26. The Labute approximate surface area is 233 Å². The molecule has 1 atom stereocenters. The number of ether oxygens (including phenoxy) is 2. The summed E-state index contributed by atoms with van der Waals surface area (Å²) < 4.78 is 11.2. The largest absolute Gasteiger partial charge is 0.461 e. The van der Waals surface area contributed by atoms with Crippen LogP contribution in [0.2, 0.25) is 0 Å². The monoisotopic (exact) mass is 538 g/mol. The van der Waals surface area contributed by atoms with Crippen molar-refractivity contribution in [2.24, 2.45) is 0 Å². The van der Waals surface area contributed by atoms with E-state index in [0.717, 1.165) is 52.9 Å². The molecule has 4 aromatic rings. The Morgan fingerprint density at radius 3 is 2.73 bits per heavy atom. The Morgan fingerprint density at radius 1 is 1.00 bits per heavy atom. The lowest BCUT2D eigenvalue weighted by Crippen LogP contribution is -2.38. The lowest BCUT2D eigenvalue weighted by atomic mass is 9.96. The molecule has 1 fully saturated rings. The highest BCUT2D eigenvalue weighted by molar-refractivity contribution is 6.10. The molecular formula is C32H34N4O4. The summed E-state index contributed by atoms with van der Waals surface area (Å²) in [5.74, 6) is -0.572. The highest BCUT2D eigenvalue weighted by atomic mass is 16.5. The summed E-state index contributed by atoms with van der Waals surface area (Å²) in [6.45, 7) is 6.66. The molecule has 40 heavy (non-hydrogen) atoms. The summed E-state index contributed by atoms with van der Waals surface area (Å²) in [6, 6.07) is 21.5. The number of nitrogens with one attached hydrogen (secondary N) is 2. The van der Waals surface area contributed by atoms with E-state index in [1.165, 1.54) is 0 Å². The maximum absolute atomic E-state index is 13.9. The smallest absolute Gasteiger partial charge is 0.338 e. The van der Waals surface area contributed by atoms with Crippen molar-refractivity contribution in [3.63, 3.8) is 0 Å². The maximum Gasteiger partial charge on any atom is 0.338 e. The number of benzene rings is 3. The third kappa shape index (κ3) is 5.46. The molecular weight excluding hydrogens is 504 g/mol. The second-order valence-corrected chi connectivity index (χ2v) is 10.4. The lowest BCUT2D eigenvalue weighted by molar-refractivity contribution is 0.0196. The van der Waals surface area contributed by atoms with Crippen LogP contribution in [0.15, 0.2) is 72.9 Å². The molecule has 1 amide bonds. The average molecular weight is 539 g/mol. The number of carbonyl (C=O) groups is 2. The van der Waals surface area contributed by atoms with Crippen molar-refractivity contribution in [1.82, 2.24) is 9.88 Å². The second kappa shape index (κ2) is 11.5. The van der Waals surface area contributed by atoms with E-state index in [1.54, 1.807) is 11.0 Å². The van der Waals surface area contributed by atoms with Crippen molar-refractivity contribution >= 4 is 34.2 Å². The van der Waals surface area contributed by atoms with Gasteiger partial charge in [-0.3, -0.25) is 9.69 Å². The fraction of sp³-hybridized carbons (Fsp3) is 0.312. The molecule has 8 nitrogen and oxygen atoms in total. The van der Waals surface area contributed by atoms with Gasteiger partial charge in [0.2, 0.25) is 0 Å². The average Bonchev–Trinajstić information content (AvgIpc) is 3.39. The third-order valence-electron chi connectivity index (χ3n) is 7.72. The number of hydrogen-bond donors (Lipinski definition) is 2. The van der Waals surface area contributed by atoms with E-state index < -0.39 is 5.97 Å². The first-order valence-electron chi connectivity index (χ1n) is 13.9. The van der Waals surface area contributed by atoms with Crippen molar-refractivity contribution < 1.29 is 19.1 Å². The van der Waals surface area contributed by atoms with Gasteiger partial charge in [0.15, 0.2) is 0 Å². The van der Waals surface area contributed by atoms with Gasteiger partial charge < -0.3 is 24.7 Å². The van der Waals surface area contributed by atoms with Crippen LogP contribution in [0.1, 0.15) is 34.1 Å². The van der Waals surface area contributed by atoms with Crippen LogP contribution in [-0.4, -0.2) is 73.8 Å². The minimum atomic E-state index is -0.432. The van der Waals surface area contributed by atoms with Gasteiger partial charge in [0.1, 0.15) is 6.61 Å². The van der Waals surface area contributed by atoms with Crippen molar-refractivity contribution in [3.05, 3.63) is 84.1 Å². The molecule has 8 heteroatoms. The normalized spacial score (nSPS) is 17.6. The fourth-order valence-corrected chi connectivity index (χ4v) is 5.47. The van der Waals surface area contributed by atoms with Crippen LogP contribution in [-0.2, 0) is 9.47 Å². The Hall–Kier alpha value is -4.14. The highest BCUT2D eigenvalue weighted by Gasteiger charge is 2.26. The first kappa shape index (κ1) is 26.1. The SMILES string of the molecule is C[C@H]1CCN(C(=O)c2ccc(-c3ccc4[nH]ccc4c3)c(C(=O)OCCN3CCOCC3)c2)c2ccccc2N1. The Bertz CT molecular complexity index is 1520. The van der Waals surface area contributed by atoms with Gasteiger partial charge in [0.05, 0.1) is 30.2 Å². The summed E-state index contributed by atoms with van der Waals surface area (Å²) in [4.78, 5) is 34.7. The number of H-pyrrole nitrogens is 1. The van der Waals surface area contributed by atoms with Crippen LogP contribution >= 0.6 is 0 Å². The summed E-state index contributed by atoms with van der Waals surface area (Å²) in [6.07, 6.45) is 2.71. The Balaban J connectivity index is 1.32. The van der Waals surface area contributed by atoms with Gasteiger partial charge in [-0.1, -0.05) is 24.3 Å². The zero-order valence-electron chi connectivity index (χ0n) is 22.7. The number of hydrogen-bond acceptors (Lipinski definition) is 6. The summed E-state index contributed by atoms with van der Waals surface area (Å²) in [5, 5.41) is 4.55. The topological polar surface area (TPSA) is 86.9 Å². The molecule has 0 saturated carbocycles. The number of aromatic nitrogens is 1. The molecule has 0 radical (unpaired) electrons. The van der Waals surface area contributed by atoms with Gasteiger partial charge in [-0.15, -0.1) is 0 Å². The summed E-state index contributed by atoms with van der Waals surface area (Å²) in [5.41, 5.74) is 5.27. The van der Waals surface area contributed by atoms with E-state index in [0.29, 0.717) is 37.4 Å². The molecule has 3 aromatic carbocycles. The highest BCUT2D eigenvalue weighted by Crippen LogP contribution is 2.33. The number of amides is 1. The molecule has 1 aromatic heterocycles. The molecule has 6 rings (SSSR count). The number of para-hydroxylation sites is 2. The van der Waals surface area contributed by atoms with Crippen molar-refractivity contribution in [2.45, 2.75) is 19.4 Å². The number of morpholine rings is 1.